The SMILES string of the molecule is Cc1ccccc1CN1C(=O)[C@@](O)(CC(=O)/C=C/c2ccco2)c2cc(Cl)ccc21. The van der Waals surface area contributed by atoms with E-state index < -0.39 is 17.3 Å². The Morgan fingerprint density at radius 1 is 1.20 bits per heavy atom. The highest BCUT2D eigenvalue weighted by Gasteiger charge is 2.50. The second-order valence-electron chi connectivity index (χ2n) is 7.33. The number of hydrogen-bond acceptors (Lipinski definition) is 4. The van der Waals surface area contributed by atoms with E-state index in [4.69, 9.17) is 16.0 Å². The lowest BCUT2D eigenvalue weighted by atomic mass is 9.90. The molecule has 0 fully saturated rings. The number of halogens is 1. The third-order valence-corrected chi connectivity index (χ3v) is 5.53. The summed E-state index contributed by atoms with van der Waals surface area (Å²) in [5, 5.41) is 11.7. The van der Waals surface area contributed by atoms with E-state index in [1.807, 2.05) is 31.2 Å². The van der Waals surface area contributed by atoms with Gasteiger partial charge in [-0.25, -0.2) is 0 Å². The van der Waals surface area contributed by atoms with Gasteiger partial charge in [-0.1, -0.05) is 35.9 Å². The molecule has 30 heavy (non-hydrogen) atoms. The molecule has 1 atom stereocenters. The molecule has 0 aliphatic carbocycles. The number of carbonyl (C=O) groups is 2. The summed E-state index contributed by atoms with van der Waals surface area (Å²) in [5.74, 6) is -0.425. The zero-order valence-corrected chi connectivity index (χ0v) is 17.1. The number of furan rings is 1. The second kappa shape index (κ2) is 7.94. The molecular formula is C24H20ClNO4. The molecule has 3 aromatic rings. The summed E-state index contributed by atoms with van der Waals surface area (Å²) < 4.78 is 5.17. The van der Waals surface area contributed by atoms with Gasteiger partial charge in [-0.2, -0.15) is 0 Å². The lowest BCUT2D eigenvalue weighted by Gasteiger charge is -2.23. The van der Waals surface area contributed by atoms with Crippen LogP contribution in [0.15, 0.2) is 71.4 Å². The molecule has 5 nitrogen and oxygen atoms in total. The Labute approximate surface area is 179 Å². The molecule has 0 bridgehead atoms. The van der Waals surface area contributed by atoms with Crippen molar-refractivity contribution >= 4 is 35.1 Å². The van der Waals surface area contributed by atoms with E-state index in [0.29, 0.717) is 28.6 Å². The zero-order valence-electron chi connectivity index (χ0n) is 16.3. The maximum absolute atomic E-state index is 13.3. The largest absolute Gasteiger partial charge is 0.465 e. The molecule has 0 unspecified atom stereocenters. The molecule has 1 aliphatic rings. The number of ketones is 1. The summed E-state index contributed by atoms with van der Waals surface area (Å²) in [7, 11) is 0. The van der Waals surface area contributed by atoms with Crippen LogP contribution in [-0.4, -0.2) is 16.8 Å². The fourth-order valence-corrected chi connectivity index (χ4v) is 3.85. The van der Waals surface area contributed by atoms with Crippen LogP contribution in [-0.2, 0) is 21.7 Å². The van der Waals surface area contributed by atoms with Crippen molar-refractivity contribution in [3.8, 4) is 0 Å². The van der Waals surface area contributed by atoms with E-state index in [2.05, 4.69) is 0 Å². The van der Waals surface area contributed by atoms with E-state index in [-0.39, 0.29) is 6.42 Å². The molecule has 0 radical (unpaired) electrons. The normalized spacial score (nSPS) is 18.2. The summed E-state index contributed by atoms with van der Waals surface area (Å²) in [5.41, 5.74) is 0.910. The Hall–Kier alpha value is -3.15. The highest BCUT2D eigenvalue weighted by atomic mass is 35.5. The number of benzene rings is 2. The Morgan fingerprint density at radius 2 is 2.00 bits per heavy atom. The first-order chi connectivity index (χ1) is 14.4. The highest BCUT2D eigenvalue weighted by Crippen LogP contribution is 2.44. The number of aliphatic hydroxyl groups is 1. The molecule has 1 N–H and O–H groups in total. The molecule has 0 spiro atoms. The molecule has 2 aromatic carbocycles. The summed E-state index contributed by atoms with van der Waals surface area (Å²) >= 11 is 6.14. The molecule has 152 valence electrons. The molecule has 0 saturated heterocycles. The molecule has 1 aliphatic heterocycles. The van der Waals surface area contributed by atoms with Gasteiger partial charge in [-0.05, 0) is 60.5 Å². The monoisotopic (exact) mass is 421 g/mol. The molecule has 1 aromatic heterocycles. The number of hydrogen-bond donors (Lipinski definition) is 1. The van der Waals surface area contributed by atoms with Gasteiger partial charge in [0.15, 0.2) is 11.4 Å². The first-order valence-electron chi connectivity index (χ1n) is 9.52. The van der Waals surface area contributed by atoms with Crippen LogP contribution < -0.4 is 4.90 Å². The number of aryl methyl sites for hydroxylation is 1. The Bertz CT molecular complexity index is 1140. The summed E-state index contributed by atoms with van der Waals surface area (Å²) in [6.45, 7) is 2.26. The fraction of sp³-hybridized carbons (Fsp3) is 0.167. The topological polar surface area (TPSA) is 70.8 Å². The van der Waals surface area contributed by atoms with Gasteiger partial charge in [0.1, 0.15) is 5.76 Å². The van der Waals surface area contributed by atoms with Crippen LogP contribution in [0.5, 0.6) is 0 Å². The number of anilines is 1. The van der Waals surface area contributed by atoms with Crippen molar-refractivity contribution in [3.05, 3.63) is 94.4 Å². The van der Waals surface area contributed by atoms with Gasteiger partial charge in [0.2, 0.25) is 0 Å². The van der Waals surface area contributed by atoms with E-state index in [1.54, 1.807) is 30.3 Å². The van der Waals surface area contributed by atoms with Crippen molar-refractivity contribution in [3.63, 3.8) is 0 Å². The number of carbonyl (C=O) groups excluding carboxylic acids is 2. The van der Waals surface area contributed by atoms with Gasteiger partial charge in [-0.3, -0.25) is 9.59 Å². The van der Waals surface area contributed by atoms with Crippen LogP contribution >= 0.6 is 11.6 Å². The van der Waals surface area contributed by atoms with Crippen molar-refractivity contribution in [2.45, 2.75) is 25.5 Å². The van der Waals surface area contributed by atoms with Crippen LogP contribution in [0.2, 0.25) is 5.02 Å². The minimum Gasteiger partial charge on any atom is -0.465 e. The molecule has 4 rings (SSSR count). The fourth-order valence-electron chi connectivity index (χ4n) is 3.68. The molecule has 2 heterocycles. The lowest BCUT2D eigenvalue weighted by molar-refractivity contribution is -0.140. The van der Waals surface area contributed by atoms with Crippen LogP contribution in [0, 0.1) is 6.92 Å². The molecule has 0 saturated carbocycles. The van der Waals surface area contributed by atoms with Gasteiger partial charge >= 0.3 is 0 Å². The van der Waals surface area contributed by atoms with Crippen LogP contribution in [0.1, 0.15) is 28.9 Å². The summed E-state index contributed by atoms with van der Waals surface area (Å²) in [6.07, 6.45) is 3.92. The third-order valence-electron chi connectivity index (χ3n) is 5.29. The molecule has 1 amide bonds. The van der Waals surface area contributed by atoms with E-state index in [9.17, 15) is 14.7 Å². The number of allylic oxidation sites excluding steroid dienone is 1. The maximum atomic E-state index is 13.3. The second-order valence-corrected chi connectivity index (χ2v) is 7.77. The van der Waals surface area contributed by atoms with Crippen molar-refractivity contribution in [1.82, 2.24) is 0 Å². The number of rotatable bonds is 6. The van der Waals surface area contributed by atoms with Gasteiger partial charge in [-0.15, -0.1) is 0 Å². The predicted molar refractivity (Wildman–Crippen MR) is 115 cm³/mol. The van der Waals surface area contributed by atoms with E-state index in [0.717, 1.165) is 11.1 Å². The van der Waals surface area contributed by atoms with Gasteiger partial charge in [0.25, 0.3) is 5.91 Å². The molecule has 6 heteroatoms. The van der Waals surface area contributed by atoms with Gasteiger partial charge in [0.05, 0.1) is 24.9 Å². The summed E-state index contributed by atoms with van der Waals surface area (Å²) in [6, 6.07) is 16.1. The average Bonchev–Trinajstić information content (AvgIpc) is 3.30. The van der Waals surface area contributed by atoms with Crippen LogP contribution in [0.4, 0.5) is 5.69 Å². The third kappa shape index (κ3) is 3.70. The van der Waals surface area contributed by atoms with Crippen LogP contribution in [0.25, 0.3) is 6.08 Å². The summed E-state index contributed by atoms with van der Waals surface area (Å²) in [4.78, 5) is 27.4. The Balaban J connectivity index is 1.66. The van der Waals surface area contributed by atoms with E-state index in [1.165, 1.54) is 23.3 Å². The lowest BCUT2D eigenvalue weighted by Crippen LogP contribution is -2.41. The van der Waals surface area contributed by atoms with E-state index >= 15 is 0 Å². The highest BCUT2D eigenvalue weighted by molar-refractivity contribution is 6.31. The first-order valence-corrected chi connectivity index (χ1v) is 9.89. The number of nitrogens with zero attached hydrogens (tertiary/aromatic N) is 1. The number of amides is 1. The van der Waals surface area contributed by atoms with Crippen molar-refractivity contribution in [2.75, 3.05) is 4.90 Å². The van der Waals surface area contributed by atoms with Gasteiger partial charge < -0.3 is 14.4 Å². The van der Waals surface area contributed by atoms with Gasteiger partial charge in [0, 0.05) is 10.6 Å². The molecular weight excluding hydrogens is 402 g/mol. The zero-order chi connectivity index (χ0) is 21.3. The Kier molecular flexibility index (Phi) is 5.33. The minimum absolute atomic E-state index is 0.291. The Morgan fingerprint density at radius 3 is 2.73 bits per heavy atom. The predicted octanol–water partition coefficient (Wildman–Crippen LogP) is 4.65. The first kappa shape index (κ1) is 20.1. The van der Waals surface area contributed by atoms with Crippen molar-refractivity contribution in [1.29, 1.82) is 0 Å². The minimum atomic E-state index is -1.98. The van der Waals surface area contributed by atoms with Crippen LogP contribution in [0.3, 0.4) is 0 Å². The maximum Gasteiger partial charge on any atom is 0.264 e. The quantitative estimate of drug-likeness (QED) is 0.588. The standard InChI is InChI=1S/C24H20ClNO4/c1-16-5-2-3-6-17(16)15-26-22-11-8-18(25)13-21(22)24(29,23(26)28)14-19(27)9-10-20-7-4-12-30-20/h2-13,29H,14-15H2,1H3/b10-9+/t24-/m1/s1. The number of fused-ring (bicyclic) bond motifs is 1. The van der Waals surface area contributed by atoms with Crippen molar-refractivity contribution < 1.29 is 19.1 Å². The average molecular weight is 422 g/mol. The van der Waals surface area contributed by atoms with Crippen molar-refractivity contribution in [2.24, 2.45) is 0 Å². The smallest absolute Gasteiger partial charge is 0.264 e.